The van der Waals surface area contributed by atoms with Crippen LogP contribution in [0.25, 0.3) is 0 Å². The van der Waals surface area contributed by atoms with Gasteiger partial charge < -0.3 is 20.5 Å². The highest BCUT2D eigenvalue weighted by Gasteiger charge is 2.27. The fourth-order valence-electron chi connectivity index (χ4n) is 3.27. The number of amidine groups is 1. The Morgan fingerprint density at radius 3 is 3.00 bits per heavy atom. The average molecular weight is 367 g/mol. The zero-order valence-corrected chi connectivity index (χ0v) is 14.5. The number of ether oxygens (including phenoxy) is 1. The molecule has 2 aliphatic heterocycles. The van der Waals surface area contributed by atoms with Crippen LogP contribution in [-0.2, 0) is 20.6 Å². The van der Waals surface area contributed by atoms with Crippen molar-refractivity contribution in [1.29, 1.82) is 0 Å². The van der Waals surface area contributed by atoms with Crippen LogP contribution >= 0.6 is 0 Å². The first kappa shape index (κ1) is 17.7. The highest BCUT2D eigenvalue weighted by Crippen LogP contribution is 2.29. The molecule has 25 heavy (non-hydrogen) atoms. The molecule has 2 aliphatic rings. The van der Waals surface area contributed by atoms with E-state index >= 15 is 0 Å². The summed E-state index contributed by atoms with van der Waals surface area (Å²) in [5, 5.41) is 8.99. The molecule has 0 spiro atoms. The highest BCUT2D eigenvalue weighted by molar-refractivity contribution is 7.89. The lowest BCUT2D eigenvalue weighted by molar-refractivity contribution is -0.136. The van der Waals surface area contributed by atoms with Crippen molar-refractivity contribution in [2.45, 2.75) is 18.6 Å². The van der Waals surface area contributed by atoms with E-state index in [1.54, 1.807) is 23.1 Å². The molecule has 0 unspecified atom stereocenters. The Morgan fingerprint density at radius 1 is 1.44 bits per heavy atom. The molecule has 1 aromatic carbocycles. The summed E-state index contributed by atoms with van der Waals surface area (Å²) in [7, 11) is -3.58. The van der Waals surface area contributed by atoms with Gasteiger partial charge >= 0.3 is 0 Å². The monoisotopic (exact) mass is 367 g/mol. The maximum atomic E-state index is 11.7. The first-order chi connectivity index (χ1) is 11.9. The predicted octanol–water partition coefficient (Wildman–Crippen LogP) is -0.155. The van der Waals surface area contributed by atoms with Gasteiger partial charge in [-0.2, -0.15) is 0 Å². The highest BCUT2D eigenvalue weighted by atomic mass is 32.2. The molecule has 1 fully saturated rings. The van der Waals surface area contributed by atoms with E-state index < -0.39 is 16.6 Å². The van der Waals surface area contributed by atoms with E-state index in [2.05, 4.69) is 4.40 Å². The molecule has 9 heteroatoms. The van der Waals surface area contributed by atoms with Gasteiger partial charge in [-0.15, -0.1) is 4.40 Å². The molecule has 3 rings (SSSR count). The summed E-state index contributed by atoms with van der Waals surface area (Å²) in [4.78, 5) is 13.3. The summed E-state index contributed by atoms with van der Waals surface area (Å²) >= 11 is 0. The van der Waals surface area contributed by atoms with Gasteiger partial charge in [0.05, 0.1) is 17.9 Å². The maximum Gasteiger partial charge on any atom is 0.259 e. The SMILES string of the molecule is NC1=NS(=O)(=O)Cc2cccc(OC[C@H]3CCCN(C(=O)CO)C3)c21. The van der Waals surface area contributed by atoms with Gasteiger partial charge in [0, 0.05) is 19.0 Å². The number of nitrogens with two attached hydrogens (primary N) is 1. The van der Waals surface area contributed by atoms with Crippen molar-refractivity contribution in [3.05, 3.63) is 29.3 Å². The van der Waals surface area contributed by atoms with Crippen LogP contribution in [-0.4, -0.2) is 56.5 Å². The molecule has 1 amide bonds. The number of piperidine rings is 1. The Bertz CT molecular complexity index is 806. The van der Waals surface area contributed by atoms with Gasteiger partial charge in [-0.25, -0.2) is 8.42 Å². The van der Waals surface area contributed by atoms with E-state index in [1.807, 2.05) is 0 Å². The summed E-state index contributed by atoms with van der Waals surface area (Å²) in [6.07, 6.45) is 1.77. The summed E-state index contributed by atoms with van der Waals surface area (Å²) in [6.45, 7) is 1.08. The molecule has 8 nitrogen and oxygen atoms in total. The summed E-state index contributed by atoms with van der Waals surface area (Å²) in [6, 6.07) is 5.16. The number of fused-ring (bicyclic) bond motifs is 1. The van der Waals surface area contributed by atoms with Crippen LogP contribution in [0.4, 0.5) is 0 Å². The number of benzene rings is 1. The number of likely N-dealkylation sites (tertiary alicyclic amines) is 1. The third kappa shape index (κ3) is 3.93. The lowest BCUT2D eigenvalue weighted by Crippen LogP contribution is -2.42. The number of carbonyl (C=O) groups is 1. The molecule has 0 aromatic heterocycles. The molecule has 3 N–H and O–H groups in total. The third-order valence-corrected chi connectivity index (χ3v) is 5.58. The standard InChI is InChI=1S/C16H21N3O5S/c17-16-15-12(10-25(22,23)18-16)4-1-5-13(15)24-9-11-3-2-6-19(7-11)14(21)8-20/h1,4-5,11,20H,2-3,6-10H2,(H2,17,18)/t11-/m0/s1. The molecule has 0 aliphatic carbocycles. The summed E-state index contributed by atoms with van der Waals surface area (Å²) < 4.78 is 32.9. The predicted molar refractivity (Wildman–Crippen MR) is 91.7 cm³/mol. The number of aliphatic hydroxyl groups excluding tert-OH is 1. The second-order valence-electron chi connectivity index (χ2n) is 6.31. The van der Waals surface area contributed by atoms with E-state index in [9.17, 15) is 13.2 Å². The third-order valence-electron chi connectivity index (χ3n) is 4.43. The Labute approximate surface area is 146 Å². The molecule has 1 atom stereocenters. The van der Waals surface area contributed by atoms with Crippen molar-refractivity contribution in [2.75, 3.05) is 26.3 Å². The van der Waals surface area contributed by atoms with Gasteiger partial charge in [-0.3, -0.25) is 4.79 Å². The molecule has 136 valence electrons. The molecule has 1 saturated heterocycles. The fraction of sp³-hybridized carbons (Fsp3) is 0.500. The average Bonchev–Trinajstić information content (AvgIpc) is 2.58. The van der Waals surface area contributed by atoms with E-state index in [1.165, 1.54) is 0 Å². The largest absolute Gasteiger partial charge is 0.492 e. The van der Waals surface area contributed by atoms with Gasteiger partial charge in [-0.1, -0.05) is 12.1 Å². The van der Waals surface area contributed by atoms with Crippen LogP contribution in [0.3, 0.4) is 0 Å². The van der Waals surface area contributed by atoms with E-state index in [4.69, 9.17) is 15.6 Å². The minimum atomic E-state index is -3.58. The van der Waals surface area contributed by atoms with E-state index in [-0.39, 0.29) is 23.4 Å². The molecule has 0 saturated carbocycles. The number of hydrogen-bond donors (Lipinski definition) is 2. The van der Waals surface area contributed by atoms with Crippen LogP contribution in [0.15, 0.2) is 22.6 Å². The number of aliphatic hydroxyl groups is 1. The van der Waals surface area contributed by atoms with Crippen LogP contribution in [0.1, 0.15) is 24.0 Å². The first-order valence-corrected chi connectivity index (χ1v) is 9.72. The zero-order chi connectivity index (χ0) is 18.0. The van der Waals surface area contributed by atoms with Crippen LogP contribution in [0.5, 0.6) is 5.75 Å². The van der Waals surface area contributed by atoms with Crippen molar-refractivity contribution < 1.29 is 23.1 Å². The lowest BCUT2D eigenvalue weighted by atomic mass is 9.99. The number of nitrogens with zero attached hydrogens (tertiary/aromatic N) is 2. The van der Waals surface area contributed by atoms with Crippen molar-refractivity contribution in [3.63, 3.8) is 0 Å². The number of amides is 1. The Balaban J connectivity index is 1.72. The van der Waals surface area contributed by atoms with Crippen molar-refractivity contribution >= 4 is 21.8 Å². The molecule has 0 bridgehead atoms. The quantitative estimate of drug-likeness (QED) is 0.763. The van der Waals surface area contributed by atoms with Crippen LogP contribution < -0.4 is 10.5 Å². The second-order valence-corrected chi connectivity index (χ2v) is 7.95. The fourth-order valence-corrected chi connectivity index (χ4v) is 4.36. The molecule has 0 radical (unpaired) electrons. The van der Waals surface area contributed by atoms with Gasteiger partial charge in [-0.05, 0) is 24.5 Å². The molecular formula is C16H21N3O5S. The topological polar surface area (TPSA) is 122 Å². The number of rotatable bonds is 4. The molecule has 1 aromatic rings. The molecule has 2 heterocycles. The van der Waals surface area contributed by atoms with E-state index in [0.29, 0.717) is 36.6 Å². The smallest absolute Gasteiger partial charge is 0.259 e. The normalized spacial score (nSPS) is 22.0. The first-order valence-electron chi connectivity index (χ1n) is 8.11. The number of hydrogen-bond acceptors (Lipinski definition) is 6. The summed E-state index contributed by atoms with van der Waals surface area (Å²) in [5.41, 5.74) is 6.92. The maximum absolute atomic E-state index is 11.7. The molecular weight excluding hydrogens is 346 g/mol. The minimum Gasteiger partial charge on any atom is -0.492 e. The van der Waals surface area contributed by atoms with E-state index in [0.717, 1.165) is 12.8 Å². The van der Waals surface area contributed by atoms with Gasteiger partial charge in [0.1, 0.15) is 18.2 Å². The minimum absolute atomic E-state index is 0.0578. The van der Waals surface area contributed by atoms with Gasteiger partial charge in [0.25, 0.3) is 10.0 Å². The second kappa shape index (κ2) is 7.01. The number of sulfonamides is 1. The number of carbonyl (C=O) groups excluding carboxylic acids is 1. The van der Waals surface area contributed by atoms with Crippen molar-refractivity contribution in [1.82, 2.24) is 4.90 Å². The van der Waals surface area contributed by atoms with Gasteiger partial charge in [0.15, 0.2) is 0 Å². The van der Waals surface area contributed by atoms with Crippen molar-refractivity contribution in [3.8, 4) is 5.75 Å². The zero-order valence-electron chi connectivity index (χ0n) is 13.7. The Hall–Kier alpha value is -2.13. The van der Waals surface area contributed by atoms with Crippen molar-refractivity contribution in [2.24, 2.45) is 16.0 Å². The Kier molecular flexibility index (Phi) is 4.96. The summed E-state index contributed by atoms with van der Waals surface area (Å²) in [5.74, 6) is 0.119. The Morgan fingerprint density at radius 2 is 2.24 bits per heavy atom. The lowest BCUT2D eigenvalue weighted by Gasteiger charge is -2.32. The van der Waals surface area contributed by atoms with Gasteiger partial charge in [0.2, 0.25) is 5.91 Å². The van der Waals surface area contributed by atoms with Crippen LogP contribution in [0.2, 0.25) is 0 Å². The van der Waals surface area contributed by atoms with Crippen LogP contribution in [0, 0.1) is 5.92 Å².